The number of benzene rings is 1. The molecule has 1 aromatic carbocycles. The lowest BCUT2D eigenvalue weighted by atomic mass is 10.1. The van der Waals surface area contributed by atoms with Crippen molar-refractivity contribution in [1.82, 2.24) is 0 Å². The lowest BCUT2D eigenvalue weighted by Crippen LogP contribution is -2.06. The van der Waals surface area contributed by atoms with Crippen LogP contribution >= 0.6 is 50.1 Å². The number of hydrogen-bond donors (Lipinski definition) is 0. The number of carbonyl (C=O) groups is 1. The Hall–Kier alpha value is 0.320. The van der Waals surface area contributed by atoms with Gasteiger partial charge in [-0.25, -0.2) is 4.39 Å². The maximum Gasteiger partial charge on any atom is 0.181 e. The van der Waals surface area contributed by atoms with Gasteiger partial charge in [-0.1, -0.05) is 15.9 Å². The highest BCUT2D eigenvalue weighted by molar-refractivity contribution is 14.1. The van der Waals surface area contributed by atoms with E-state index in [9.17, 15) is 9.18 Å². The first kappa shape index (κ1) is 11.4. The number of halogens is 4. The molecule has 0 saturated carbocycles. The molecule has 13 heavy (non-hydrogen) atoms. The molecule has 5 heteroatoms. The molecule has 1 nitrogen and oxygen atoms in total. The van der Waals surface area contributed by atoms with Crippen molar-refractivity contribution in [3.05, 3.63) is 31.6 Å². The maximum atomic E-state index is 13.2. The van der Waals surface area contributed by atoms with Crippen molar-refractivity contribution >= 4 is 55.9 Å². The molecule has 0 atom stereocenters. The molecule has 0 bridgehead atoms. The van der Waals surface area contributed by atoms with Crippen molar-refractivity contribution in [3.63, 3.8) is 0 Å². The van der Waals surface area contributed by atoms with Gasteiger partial charge in [0.05, 0.1) is 11.4 Å². The fourth-order valence-electron chi connectivity index (χ4n) is 0.875. The van der Waals surface area contributed by atoms with Crippen LogP contribution in [-0.2, 0) is 0 Å². The second-order valence-corrected chi connectivity index (χ2v) is 4.65. The molecule has 70 valence electrons. The second-order valence-electron chi connectivity index (χ2n) is 2.30. The van der Waals surface area contributed by atoms with Gasteiger partial charge in [-0.3, -0.25) is 4.79 Å². The second kappa shape index (κ2) is 4.70. The zero-order valence-electron chi connectivity index (χ0n) is 6.28. The Kier molecular flexibility index (Phi) is 4.12. The Balaban J connectivity index is 3.28. The van der Waals surface area contributed by atoms with Crippen molar-refractivity contribution in [3.8, 4) is 0 Å². The molecule has 0 heterocycles. The molecule has 0 fully saturated rings. The maximum absolute atomic E-state index is 13.2. The monoisotopic (exact) mass is 376 g/mol. The van der Waals surface area contributed by atoms with E-state index in [2.05, 4.69) is 15.9 Å². The molecule has 0 unspecified atom stereocenters. The van der Waals surface area contributed by atoms with Crippen molar-refractivity contribution in [2.45, 2.75) is 0 Å². The quantitative estimate of drug-likeness (QED) is 0.437. The Morgan fingerprint density at radius 3 is 2.69 bits per heavy atom. The molecule has 0 aromatic heterocycles. The predicted octanol–water partition coefficient (Wildman–Crippen LogP) is 3.61. The first-order valence-corrected chi connectivity index (χ1v) is 5.70. The number of rotatable bonds is 2. The van der Waals surface area contributed by atoms with E-state index in [0.717, 1.165) is 0 Å². The first-order chi connectivity index (χ1) is 6.06. The van der Waals surface area contributed by atoms with E-state index >= 15 is 0 Å². The molecular weight excluding hydrogens is 373 g/mol. The van der Waals surface area contributed by atoms with E-state index in [4.69, 9.17) is 11.6 Å². The van der Waals surface area contributed by atoms with E-state index in [0.29, 0.717) is 8.04 Å². The Labute approximate surface area is 102 Å². The number of hydrogen-bond acceptors (Lipinski definition) is 1. The summed E-state index contributed by atoms with van der Waals surface area (Å²) < 4.78 is 14.4. The highest BCUT2D eigenvalue weighted by Crippen LogP contribution is 2.22. The normalized spacial score (nSPS) is 10.2. The van der Waals surface area contributed by atoms with E-state index in [-0.39, 0.29) is 11.4 Å². The molecule has 0 radical (unpaired) electrons. The lowest BCUT2D eigenvalue weighted by molar-refractivity contribution is 0.101. The molecule has 0 N–H and O–H groups in total. The zero-order chi connectivity index (χ0) is 10.0. The van der Waals surface area contributed by atoms with E-state index in [1.807, 2.05) is 22.6 Å². The minimum absolute atomic E-state index is 0.0683. The lowest BCUT2D eigenvalue weighted by Gasteiger charge is -2.03. The average Bonchev–Trinajstić information content (AvgIpc) is 2.02. The molecule has 0 amide bonds. The topological polar surface area (TPSA) is 17.1 Å². The third-order valence-corrected chi connectivity index (χ3v) is 2.96. The van der Waals surface area contributed by atoms with E-state index in [1.54, 1.807) is 6.07 Å². The number of alkyl halides is 1. The third kappa shape index (κ3) is 2.63. The van der Waals surface area contributed by atoms with Gasteiger partial charge in [-0.05, 0) is 34.7 Å². The molecule has 0 saturated heterocycles. The number of carbonyl (C=O) groups excluding carboxylic acids is 1. The minimum atomic E-state index is -0.538. The van der Waals surface area contributed by atoms with Gasteiger partial charge in [0.15, 0.2) is 5.78 Å². The van der Waals surface area contributed by atoms with Crippen LogP contribution in [0.4, 0.5) is 4.39 Å². The van der Waals surface area contributed by atoms with Crippen LogP contribution in [0.1, 0.15) is 10.4 Å². The molecular formula is C8H4BrClFIO. The molecule has 0 spiro atoms. The van der Waals surface area contributed by atoms with Crippen LogP contribution in [0.15, 0.2) is 16.6 Å². The largest absolute Gasteiger partial charge is 0.293 e. The first-order valence-electron chi connectivity index (χ1n) is 3.30. The SMILES string of the molecule is O=C(CCl)c1c(F)cc(Br)cc1I. The van der Waals surface area contributed by atoms with Crippen LogP contribution in [0.5, 0.6) is 0 Å². The highest BCUT2D eigenvalue weighted by Gasteiger charge is 2.15. The van der Waals surface area contributed by atoms with Gasteiger partial charge in [0.2, 0.25) is 0 Å². The molecule has 1 rings (SSSR count). The summed E-state index contributed by atoms with van der Waals surface area (Å²) in [6, 6.07) is 2.92. The summed E-state index contributed by atoms with van der Waals surface area (Å²) in [7, 11) is 0. The van der Waals surface area contributed by atoms with Crippen LogP contribution < -0.4 is 0 Å². The fourth-order valence-corrected chi connectivity index (χ4v) is 2.76. The van der Waals surface area contributed by atoms with Gasteiger partial charge in [0, 0.05) is 8.04 Å². The predicted molar refractivity (Wildman–Crippen MR) is 61.9 cm³/mol. The van der Waals surface area contributed by atoms with Gasteiger partial charge < -0.3 is 0 Å². The molecule has 0 aliphatic heterocycles. The number of Topliss-reactive ketones (excluding diaryl/α,β-unsaturated/α-hetero) is 1. The van der Waals surface area contributed by atoms with Crippen LogP contribution in [0, 0.1) is 9.39 Å². The summed E-state index contributed by atoms with van der Waals surface area (Å²) in [6.07, 6.45) is 0. The smallest absolute Gasteiger partial charge is 0.181 e. The summed E-state index contributed by atoms with van der Waals surface area (Å²) in [4.78, 5) is 11.2. The third-order valence-electron chi connectivity index (χ3n) is 1.41. The van der Waals surface area contributed by atoms with Gasteiger partial charge in [0.1, 0.15) is 5.82 Å². The van der Waals surface area contributed by atoms with Gasteiger partial charge >= 0.3 is 0 Å². The molecule has 0 aliphatic carbocycles. The molecule has 0 aliphatic rings. The summed E-state index contributed by atoms with van der Waals surface area (Å²) >= 11 is 10.4. The Morgan fingerprint density at radius 2 is 2.23 bits per heavy atom. The van der Waals surface area contributed by atoms with Gasteiger partial charge in [-0.15, -0.1) is 11.6 Å². The van der Waals surface area contributed by atoms with E-state index < -0.39 is 11.6 Å². The van der Waals surface area contributed by atoms with Crippen molar-refractivity contribution in [1.29, 1.82) is 0 Å². The summed E-state index contributed by atoms with van der Waals surface area (Å²) in [5.41, 5.74) is 0.0683. The summed E-state index contributed by atoms with van der Waals surface area (Å²) in [6.45, 7) is 0. The average molecular weight is 377 g/mol. The standard InChI is InChI=1S/C8H4BrClFIO/c9-4-1-5(11)8(6(12)2-4)7(13)3-10/h1-2H,3H2. The fraction of sp³-hybridized carbons (Fsp3) is 0.125. The van der Waals surface area contributed by atoms with Crippen molar-refractivity contribution in [2.24, 2.45) is 0 Å². The zero-order valence-corrected chi connectivity index (χ0v) is 10.8. The molecule has 1 aromatic rings. The van der Waals surface area contributed by atoms with E-state index in [1.165, 1.54) is 6.07 Å². The van der Waals surface area contributed by atoms with Crippen LogP contribution in [-0.4, -0.2) is 11.7 Å². The van der Waals surface area contributed by atoms with Gasteiger partial charge in [-0.2, -0.15) is 0 Å². The van der Waals surface area contributed by atoms with Crippen molar-refractivity contribution in [2.75, 3.05) is 5.88 Å². The van der Waals surface area contributed by atoms with Crippen molar-refractivity contribution < 1.29 is 9.18 Å². The van der Waals surface area contributed by atoms with Crippen LogP contribution in [0.3, 0.4) is 0 Å². The van der Waals surface area contributed by atoms with Crippen LogP contribution in [0.25, 0.3) is 0 Å². The Bertz CT molecular complexity index is 333. The Morgan fingerprint density at radius 1 is 1.62 bits per heavy atom. The van der Waals surface area contributed by atoms with Crippen LogP contribution in [0.2, 0.25) is 0 Å². The summed E-state index contributed by atoms with van der Waals surface area (Å²) in [5.74, 6) is -1.13. The minimum Gasteiger partial charge on any atom is -0.293 e. The summed E-state index contributed by atoms with van der Waals surface area (Å²) in [5, 5.41) is 0. The highest BCUT2D eigenvalue weighted by atomic mass is 127. The van der Waals surface area contributed by atoms with Gasteiger partial charge in [0.25, 0.3) is 0 Å². The number of ketones is 1.